The topological polar surface area (TPSA) is 6.48 Å². The first-order valence-electron chi connectivity index (χ1n) is 7.59. The highest BCUT2D eigenvalue weighted by molar-refractivity contribution is 5.55. The molecule has 0 N–H and O–H groups in total. The lowest BCUT2D eigenvalue weighted by Gasteiger charge is -2.35. The Morgan fingerprint density at radius 3 is 2.41 bits per heavy atom. The van der Waals surface area contributed by atoms with Gasteiger partial charge in [-0.05, 0) is 42.4 Å². The van der Waals surface area contributed by atoms with E-state index in [-0.39, 0.29) is 5.82 Å². The monoisotopic (exact) mass is 302 g/mol. The van der Waals surface area contributed by atoms with Crippen LogP contribution in [0.15, 0.2) is 42.5 Å². The van der Waals surface area contributed by atoms with E-state index in [9.17, 15) is 8.78 Å². The smallest absolute Gasteiger partial charge is 0.126 e. The van der Waals surface area contributed by atoms with Crippen LogP contribution in [0.25, 0.3) is 0 Å². The molecule has 0 aliphatic carbocycles. The standard InChI is InChI=1S/C18H20F2N2/c1-21-8-10-22(11-9-21)18-5-3-2-4-14(18)12-15-13-16(19)6-7-17(15)20/h2-7,13H,8-12H2,1H3. The fourth-order valence-electron chi connectivity index (χ4n) is 2.90. The van der Waals surface area contributed by atoms with Crippen LogP contribution in [0.3, 0.4) is 0 Å². The van der Waals surface area contributed by atoms with Crippen LogP contribution in [0.4, 0.5) is 14.5 Å². The lowest BCUT2D eigenvalue weighted by molar-refractivity contribution is 0.312. The molecule has 1 saturated heterocycles. The Balaban J connectivity index is 1.86. The molecular formula is C18H20F2N2. The molecule has 22 heavy (non-hydrogen) atoms. The number of anilines is 1. The zero-order valence-electron chi connectivity index (χ0n) is 12.7. The number of likely N-dealkylation sites (N-methyl/N-ethyl adjacent to an activating group) is 1. The molecule has 1 heterocycles. The summed E-state index contributed by atoms with van der Waals surface area (Å²) in [5, 5.41) is 0. The molecule has 3 rings (SSSR count). The maximum atomic E-state index is 13.9. The Hall–Kier alpha value is -1.94. The van der Waals surface area contributed by atoms with Crippen molar-refractivity contribution in [3.8, 4) is 0 Å². The highest BCUT2D eigenvalue weighted by atomic mass is 19.1. The van der Waals surface area contributed by atoms with E-state index in [0.717, 1.165) is 43.5 Å². The Bertz CT molecular complexity index is 649. The van der Waals surface area contributed by atoms with Gasteiger partial charge < -0.3 is 9.80 Å². The van der Waals surface area contributed by atoms with Crippen LogP contribution in [0.5, 0.6) is 0 Å². The van der Waals surface area contributed by atoms with Gasteiger partial charge in [0, 0.05) is 38.3 Å². The molecule has 0 spiro atoms. The minimum Gasteiger partial charge on any atom is -0.369 e. The molecule has 1 aliphatic rings. The van der Waals surface area contributed by atoms with Crippen molar-refractivity contribution in [1.29, 1.82) is 0 Å². The molecule has 4 heteroatoms. The van der Waals surface area contributed by atoms with Gasteiger partial charge in [-0.15, -0.1) is 0 Å². The normalized spacial score (nSPS) is 16.0. The van der Waals surface area contributed by atoms with Gasteiger partial charge in [0.25, 0.3) is 0 Å². The van der Waals surface area contributed by atoms with Crippen LogP contribution in [0, 0.1) is 11.6 Å². The maximum Gasteiger partial charge on any atom is 0.126 e. The SMILES string of the molecule is CN1CCN(c2ccccc2Cc2cc(F)ccc2F)CC1. The molecule has 0 amide bonds. The van der Waals surface area contributed by atoms with Crippen molar-refractivity contribution in [3.63, 3.8) is 0 Å². The molecule has 0 unspecified atom stereocenters. The minimum absolute atomic E-state index is 0.352. The Kier molecular flexibility index (Phi) is 4.39. The van der Waals surface area contributed by atoms with E-state index < -0.39 is 5.82 Å². The quantitative estimate of drug-likeness (QED) is 0.858. The van der Waals surface area contributed by atoms with Crippen molar-refractivity contribution in [2.45, 2.75) is 6.42 Å². The number of hydrogen-bond acceptors (Lipinski definition) is 2. The van der Waals surface area contributed by atoms with Crippen LogP contribution in [-0.4, -0.2) is 38.1 Å². The number of rotatable bonds is 3. The Morgan fingerprint density at radius 2 is 1.64 bits per heavy atom. The second-order valence-corrected chi connectivity index (χ2v) is 5.83. The molecule has 2 aromatic carbocycles. The van der Waals surface area contributed by atoms with Crippen LogP contribution in [0.1, 0.15) is 11.1 Å². The van der Waals surface area contributed by atoms with E-state index in [1.54, 1.807) is 0 Å². The van der Waals surface area contributed by atoms with Gasteiger partial charge in [-0.25, -0.2) is 8.78 Å². The van der Waals surface area contributed by atoms with Crippen molar-refractivity contribution < 1.29 is 8.78 Å². The van der Waals surface area contributed by atoms with Gasteiger partial charge in [0.2, 0.25) is 0 Å². The van der Waals surface area contributed by atoms with E-state index in [2.05, 4.69) is 22.9 Å². The average Bonchev–Trinajstić information content (AvgIpc) is 2.52. The van der Waals surface area contributed by atoms with Crippen molar-refractivity contribution in [2.24, 2.45) is 0 Å². The molecule has 0 saturated carbocycles. The number of para-hydroxylation sites is 1. The summed E-state index contributed by atoms with van der Waals surface area (Å²) in [5.41, 5.74) is 2.57. The predicted molar refractivity (Wildman–Crippen MR) is 85.3 cm³/mol. The maximum absolute atomic E-state index is 13.9. The average molecular weight is 302 g/mol. The Morgan fingerprint density at radius 1 is 0.909 bits per heavy atom. The summed E-state index contributed by atoms with van der Waals surface area (Å²) in [5.74, 6) is -0.747. The molecule has 2 nitrogen and oxygen atoms in total. The summed E-state index contributed by atoms with van der Waals surface area (Å²) < 4.78 is 27.3. The second-order valence-electron chi connectivity index (χ2n) is 5.83. The third-order valence-electron chi connectivity index (χ3n) is 4.22. The molecule has 1 fully saturated rings. The predicted octanol–water partition coefficient (Wildman–Crippen LogP) is 3.31. The third-order valence-corrected chi connectivity index (χ3v) is 4.22. The molecule has 116 valence electrons. The van der Waals surface area contributed by atoms with E-state index >= 15 is 0 Å². The summed E-state index contributed by atoms with van der Waals surface area (Å²) >= 11 is 0. The van der Waals surface area contributed by atoms with Gasteiger partial charge in [-0.3, -0.25) is 0 Å². The summed E-state index contributed by atoms with van der Waals surface area (Å²) in [4.78, 5) is 4.62. The first kappa shape index (κ1) is 15.0. The Labute approximate surface area is 130 Å². The highest BCUT2D eigenvalue weighted by Gasteiger charge is 2.17. The van der Waals surface area contributed by atoms with Crippen LogP contribution in [0.2, 0.25) is 0 Å². The zero-order valence-corrected chi connectivity index (χ0v) is 12.7. The first-order chi connectivity index (χ1) is 10.6. The second kappa shape index (κ2) is 6.44. The van der Waals surface area contributed by atoms with Gasteiger partial charge in [0.15, 0.2) is 0 Å². The van der Waals surface area contributed by atoms with Crippen LogP contribution in [-0.2, 0) is 6.42 Å². The van der Waals surface area contributed by atoms with Gasteiger partial charge in [0.1, 0.15) is 11.6 Å². The minimum atomic E-state index is -0.395. The first-order valence-corrected chi connectivity index (χ1v) is 7.59. The lowest BCUT2D eigenvalue weighted by Crippen LogP contribution is -2.44. The summed E-state index contributed by atoms with van der Waals surface area (Å²) in [6, 6.07) is 11.7. The summed E-state index contributed by atoms with van der Waals surface area (Å²) in [6.07, 6.45) is 0.409. The third kappa shape index (κ3) is 3.28. The molecular weight excluding hydrogens is 282 g/mol. The van der Waals surface area contributed by atoms with Crippen molar-refractivity contribution >= 4 is 5.69 Å². The summed E-state index contributed by atoms with van der Waals surface area (Å²) in [6.45, 7) is 3.95. The molecule has 0 aromatic heterocycles. The van der Waals surface area contributed by atoms with Gasteiger partial charge in [-0.1, -0.05) is 18.2 Å². The molecule has 0 atom stereocenters. The number of piperazine rings is 1. The zero-order chi connectivity index (χ0) is 15.5. The van der Waals surface area contributed by atoms with Gasteiger partial charge in [0.05, 0.1) is 0 Å². The number of halogens is 2. The van der Waals surface area contributed by atoms with E-state index in [1.807, 2.05) is 18.2 Å². The van der Waals surface area contributed by atoms with E-state index in [4.69, 9.17) is 0 Å². The van der Waals surface area contributed by atoms with Crippen molar-refractivity contribution in [2.75, 3.05) is 38.1 Å². The molecule has 2 aromatic rings. The van der Waals surface area contributed by atoms with E-state index in [1.165, 1.54) is 12.1 Å². The van der Waals surface area contributed by atoms with Gasteiger partial charge in [-0.2, -0.15) is 0 Å². The van der Waals surface area contributed by atoms with E-state index in [0.29, 0.717) is 12.0 Å². The molecule has 1 aliphatic heterocycles. The van der Waals surface area contributed by atoms with Crippen LogP contribution < -0.4 is 4.90 Å². The number of hydrogen-bond donors (Lipinski definition) is 0. The lowest BCUT2D eigenvalue weighted by atomic mass is 10.0. The number of nitrogens with zero attached hydrogens (tertiary/aromatic N) is 2. The number of benzene rings is 2. The molecule has 0 bridgehead atoms. The summed E-state index contributed by atoms with van der Waals surface area (Å²) in [7, 11) is 2.12. The van der Waals surface area contributed by atoms with Crippen molar-refractivity contribution in [3.05, 3.63) is 65.2 Å². The molecule has 0 radical (unpaired) electrons. The fraction of sp³-hybridized carbons (Fsp3) is 0.333. The fourth-order valence-corrected chi connectivity index (χ4v) is 2.90. The van der Waals surface area contributed by atoms with Crippen LogP contribution >= 0.6 is 0 Å². The highest BCUT2D eigenvalue weighted by Crippen LogP contribution is 2.25. The van der Waals surface area contributed by atoms with Gasteiger partial charge >= 0.3 is 0 Å². The van der Waals surface area contributed by atoms with Crippen molar-refractivity contribution in [1.82, 2.24) is 4.90 Å². The largest absolute Gasteiger partial charge is 0.369 e.